The zero-order valence-corrected chi connectivity index (χ0v) is 20.1. The molecule has 0 saturated heterocycles. The number of nitrogens with zero attached hydrogens (tertiary/aromatic N) is 2. The number of fused-ring (bicyclic) bond motifs is 2. The normalized spacial score (nSPS) is 11.2. The Balaban J connectivity index is 1.50. The monoisotopic (exact) mass is 499 g/mol. The molecule has 0 heterocycles. The topological polar surface area (TPSA) is 105 Å². The fourth-order valence-electron chi connectivity index (χ4n) is 4.31. The van der Waals surface area contributed by atoms with E-state index in [-0.39, 0.29) is 16.9 Å². The Morgan fingerprint density at radius 1 is 0.895 bits per heavy atom. The van der Waals surface area contributed by atoms with Crippen LogP contribution in [0.3, 0.4) is 0 Å². The van der Waals surface area contributed by atoms with Crippen LogP contribution in [0.1, 0.15) is 11.1 Å². The van der Waals surface area contributed by atoms with Crippen LogP contribution < -0.4 is 10.1 Å². The summed E-state index contributed by atoms with van der Waals surface area (Å²) in [5, 5.41) is 27.4. The third-order valence-corrected chi connectivity index (χ3v) is 6.16. The molecule has 184 valence electrons. The first kappa shape index (κ1) is 24.2. The van der Waals surface area contributed by atoms with Crippen molar-refractivity contribution in [3.8, 4) is 11.8 Å². The summed E-state index contributed by atoms with van der Waals surface area (Å²) in [5.74, 6) is -0.159. The van der Waals surface area contributed by atoms with Gasteiger partial charge in [0.1, 0.15) is 24.0 Å². The highest BCUT2D eigenvalue weighted by Gasteiger charge is 2.15. The number of carbonyl (C=O) groups is 1. The van der Waals surface area contributed by atoms with Crippen molar-refractivity contribution in [1.82, 2.24) is 0 Å². The van der Waals surface area contributed by atoms with E-state index in [0.29, 0.717) is 17.9 Å². The molecule has 5 aromatic rings. The average Bonchev–Trinajstić information content (AvgIpc) is 2.95. The third-order valence-electron chi connectivity index (χ3n) is 6.16. The molecule has 1 N–H and O–H groups in total. The number of anilines is 1. The van der Waals surface area contributed by atoms with Crippen molar-refractivity contribution < 1.29 is 14.5 Å². The van der Waals surface area contributed by atoms with Gasteiger partial charge in [-0.15, -0.1) is 0 Å². The first-order chi connectivity index (χ1) is 18.5. The maximum atomic E-state index is 13.0. The number of hydrogen-bond acceptors (Lipinski definition) is 5. The number of carbonyl (C=O) groups excluding carboxylic acids is 1. The molecule has 5 rings (SSSR count). The molecule has 0 fully saturated rings. The molecule has 5 aromatic carbocycles. The van der Waals surface area contributed by atoms with E-state index in [1.54, 1.807) is 0 Å². The fraction of sp³-hybridized carbons (Fsp3) is 0.0323. The van der Waals surface area contributed by atoms with Crippen LogP contribution in [-0.2, 0) is 11.4 Å². The van der Waals surface area contributed by atoms with Crippen molar-refractivity contribution in [2.75, 3.05) is 5.32 Å². The standard InChI is InChI=1S/C31H21N3O4/c32-19-24(31(35)33-25-11-6-12-26(18-25)34(36)37)17-29-28-14-4-2-8-22(28)15-16-30(29)38-20-23-10-5-9-21-7-1-3-13-27(21)23/h1-18H,20H2,(H,33,35)/b24-17+. The van der Waals surface area contributed by atoms with Crippen LogP contribution in [0, 0.1) is 21.4 Å². The Morgan fingerprint density at radius 3 is 2.34 bits per heavy atom. The summed E-state index contributed by atoms with van der Waals surface area (Å²) in [7, 11) is 0. The molecule has 0 bridgehead atoms. The van der Waals surface area contributed by atoms with Crippen molar-refractivity contribution in [2.24, 2.45) is 0 Å². The van der Waals surface area contributed by atoms with Crippen LogP contribution >= 0.6 is 0 Å². The third kappa shape index (κ3) is 5.06. The largest absolute Gasteiger partial charge is 0.488 e. The van der Waals surface area contributed by atoms with Gasteiger partial charge >= 0.3 is 0 Å². The lowest BCUT2D eigenvalue weighted by Gasteiger charge is -2.14. The molecular formula is C31H21N3O4. The van der Waals surface area contributed by atoms with Crippen LogP contribution in [-0.4, -0.2) is 10.8 Å². The lowest BCUT2D eigenvalue weighted by Crippen LogP contribution is -2.13. The number of ether oxygens (including phenoxy) is 1. The van der Waals surface area contributed by atoms with Crippen molar-refractivity contribution in [1.29, 1.82) is 5.26 Å². The summed E-state index contributed by atoms with van der Waals surface area (Å²) >= 11 is 0. The first-order valence-electron chi connectivity index (χ1n) is 11.8. The molecule has 1 amide bonds. The van der Waals surface area contributed by atoms with Crippen LogP contribution in [0.4, 0.5) is 11.4 Å². The quantitative estimate of drug-likeness (QED) is 0.112. The number of amides is 1. The SMILES string of the molecule is N#C/C(=C\c1c(OCc2cccc3ccccc23)ccc2ccccc12)C(=O)Nc1cccc([N+](=O)[O-])c1. The molecule has 0 aliphatic heterocycles. The molecular weight excluding hydrogens is 478 g/mol. The molecule has 7 nitrogen and oxygen atoms in total. The molecule has 0 aliphatic rings. The lowest BCUT2D eigenvalue weighted by molar-refractivity contribution is -0.384. The average molecular weight is 500 g/mol. The number of nitrogens with one attached hydrogen (secondary N) is 1. The van der Waals surface area contributed by atoms with E-state index in [9.17, 15) is 20.2 Å². The molecule has 0 unspecified atom stereocenters. The van der Waals surface area contributed by atoms with Crippen molar-refractivity contribution in [2.45, 2.75) is 6.61 Å². The maximum absolute atomic E-state index is 13.0. The smallest absolute Gasteiger partial charge is 0.271 e. The van der Waals surface area contributed by atoms with Gasteiger partial charge in [0, 0.05) is 23.4 Å². The van der Waals surface area contributed by atoms with Gasteiger partial charge in [0.15, 0.2) is 0 Å². The van der Waals surface area contributed by atoms with E-state index in [1.807, 2.05) is 84.9 Å². The fourth-order valence-corrected chi connectivity index (χ4v) is 4.31. The number of nitro benzene ring substituents is 1. The molecule has 0 radical (unpaired) electrons. The molecule has 0 aliphatic carbocycles. The van der Waals surface area contributed by atoms with Gasteiger partial charge in [0.05, 0.1) is 4.92 Å². The van der Waals surface area contributed by atoms with E-state index < -0.39 is 10.8 Å². The van der Waals surface area contributed by atoms with Gasteiger partial charge in [-0.3, -0.25) is 14.9 Å². The highest BCUT2D eigenvalue weighted by Crippen LogP contribution is 2.32. The van der Waals surface area contributed by atoms with Crippen LogP contribution in [0.2, 0.25) is 0 Å². The highest BCUT2D eigenvalue weighted by atomic mass is 16.6. The van der Waals surface area contributed by atoms with Gasteiger partial charge in [-0.05, 0) is 45.3 Å². The number of nitriles is 1. The van der Waals surface area contributed by atoms with Gasteiger partial charge in [-0.2, -0.15) is 5.26 Å². The van der Waals surface area contributed by atoms with Crippen molar-refractivity contribution >= 4 is 44.9 Å². The van der Waals surface area contributed by atoms with Crippen LogP contribution in [0.15, 0.2) is 109 Å². The number of non-ortho nitro benzene ring substituents is 1. The first-order valence-corrected chi connectivity index (χ1v) is 11.8. The Morgan fingerprint density at radius 2 is 1.58 bits per heavy atom. The minimum atomic E-state index is -0.680. The van der Waals surface area contributed by atoms with E-state index in [1.165, 1.54) is 30.3 Å². The number of benzene rings is 5. The number of hydrogen-bond donors (Lipinski definition) is 1. The van der Waals surface area contributed by atoms with Gasteiger partial charge in [-0.25, -0.2) is 0 Å². The minimum Gasteiger partial charge on any atom is -0.488 e. The zero-order chi connectivity index (χ0) is 26.5. The summed E-state index contributed by atoms with van der Waals surface area (Å²) in [6, 6.07) is 33.0. The molecule has 0 atom stereocenters. The van der Waals surface area contributed by atoms with E-state index in [2.05, 4.69) is 5.32 Å². The number of nitro groups is 1. The Labute approximate surface area is 218 Å². The summed E-state index contributed by atoms with van der Waals surface area (Å²) in [5.41, 5.74) is 1.49. The Bertz CT molecular complexity index is 1760. The van der Waals surface area contributed by atoms with E-state index in [0.717, 1.165) is 27.1 Å². The van der Waals surface area contributed by atoms with Crippen molar-refractivity contribution in [3.63, 3.8) is 0 Å². The predicted molar refractivity (Wildman–Crippen MR) is 148 cm³/mol. The van der Waals surface area contributed by atoms with Gasteiger partial charge in [0.25, 0.3) is 11.6 Å². The second-order valence-electron chi connectivity index (χ2n) is 8.56. The highest BCUT2D eigenvalue weighted by molar-refractivity contribution is 6.11. The molecule has 38 heavy (non-hydrogen) atoms. The van der Waals surface area contributed by atoms with Gasteiger partial charge in [-0.1, -0.05) is 78.9 Å². The molecule has 7 heteroatoms. The number of rotatable bonds is 7. The Kier molecular flexibility index (Phi) is 6.79. The summed E-state index contributed by atoms with van der Waals surface area (Å²) in [4.78, 5) is 23.5. The maximum Gasteiger partial charge on any atom is 0.271 e. The van der Waals surface area contributed by atoms with Crippen LogP contribution in [0.25, 0.3) is 27.6 Å². The van der Waals surface area contributed by atoms with E-state index in [4.69, 9.17) is 4.74 Å². The predicted octanol–water partition coefficient (Wildman–Crippen LogP) is 7.03. The summed E-state index contributed by atoms with van der Waals surface area (Å²) < 4.78 is 6.26. The van der Waals surface area contributed by atoms with Crippen molar-refractivity contribution in [3.05, 3.63) is 130 Å². The lowest BCUT2D eigenvalue weighted by atomic mass is 10.0. The second-order valence-corrected chi connectivity index (χ2v) is 8.56. The van der Waals surface area contributed by atoms with E-state index >= 15 is 0 Å². The van der Waals surface area contributed by atoms with Gasteiger partial charge < -0.3 is 10.1 Å². The molecule has 0 spiro atoms. The molecule has 0 saturated carbocycles. The Hall–Kier alpha value is -5.48. The van der Waals surface area contributed by atoms with Gasteiger partial charge in [0.2, 0.25) is 0 Å². The van der Waals surface area contributed by atoms with Crippen LogP contribution in [0.5, 0.6) is 5.75 Å². The zero-order valence-electron chi connectivity index (χ0n) is 20.1. The second kappa shape index (κ2) is 10.6. The minimum absolute atomic E-state index is 0.163. The summed E-state index contributed by atoms with van der Waals surface area (Å²) in [6.07, 6.45) is 1.49. The molecule has 0 aromatic heterocycles. The summed E-state index contributed by atoms with van der Waals surface area (Å²) in [6.45, 7) is 0.294.